The monoisotopic (exact) mass is 533 g/mol. The van der Waals surface area contributed by atoms with Gasteiger partial charge in [0.1, 0.15) is 0 Å². The third kappa shape index (κ3) is 5.92. The first-order valence-electron chi connectivity index (χ1n) is 11.1. The Balaban J connectivity index is 1.48. The Hall–Kier alpha value is -3.28. The van der Waals surface area contributed by atoms with Gasteiger partial charge in [-0.05, 0) is 60.4 Å². The first-order valence-corrected chi connectivity index (χ1v) is 11.8. The van der Waals surface area contributed by atoms with Gasteiger partial charge in [0.15, 0.2) is 0 Å². The van der Waals surface area contributed by atoms with Crippen LogP contribution in [0.4, 0.5) is 13.2 Å². The van der Waals surface area contributed by atoms with E-state index in [0.29, 0.717) is 40.7 Å². The molecule has 1 aromatic heterocycles. The SMILES string of the molecule is N#Cc1ccc(C(=O)N2C[C@@H](CCOc3ccc(C(F)(F)F)cn3)[C@@H](c3ccc(Cl)c(Cl)c3)C2)cc1. The number of alkyl halides is 3. The minimum absolute atomic E-state index is 0.000905. The molecule has 0 unspecified atom stereocenters. The van der Waals surface area contributed by atoms with Gasteiger partial charge in [0, 0.05) is 36.8 Å². The van der Waals surface area contributed by atoms with Gasteiger partial charge < -0.3 is 9.64 Å². The zero-order valence-corrected chi connectivity index (χ0v) is 20.3. The first kappa shape index (κ1) is 25.8. The number of carbonyl (C=O) groups excluding carboxylic acids is 1. The lowest BCUT2D eigenvalue weighted by Crippen LogP contribution is -2.29. The van der Waals surface area contributed by atoms with E-state index in [1.54, 1.807) is 41.3 Å². The minimum atomic E-state index is -4.46. The molecule has 0 spiro atoms. The molecular formula is C26H20Cl2F3N3O2. The predicted octanol–water partition coefficient (Wildman–Crippen LogP) is 6.60. The maximum Gasteiger partial charge on any atom is 0.417 e. The van der Waals surface area contributed by atoms with Gasteiger partial charge in [0.25, 0.3) is 5.91 Å². The van der Waals surface area contributed by atoms with E-state index in [1.807, 2.05) is 12.1 Å². The summed E-state index contributed by atoms with van der Waals surface area (Å²) in [4.78, 5) is 18.6. The van der Waals surface area contributed by atoms with Crippen molar-refractivity contribution in [2.24, 2.45) is 5.92 Å². The summed E-state index contributed by atoms with van der Waals surface area (Å²) >= 11 is 12.3. The molecule has 10 heteroatoms. The third-order valence-electron chi connectivity index (χ3n) is 6.16. The average Bonchev–Trinajstić information content (AvgIpc) is 3.29. The molecule has 4 rings (SSSR count). The molecule has 1 amide bonds. The summed E-state index contributed by atoms with van der Waals surface area (Å²) in [6.07, 6.45) is -3.19. The molecule has 1 fully saturated rings. The van der Waals surface area contributed by atoms with Gasteiger partial charge in [-0.2, -0.15) is 18.4 Å². The summed E-state index contributed by atoms with van der Waals surface area (Å²) in [6, 6.07) is 16.0. The highest BCUT2D eigenvalue weighted by molar-refractivity contribution is 6.42. The Morgan fingerprint density at radius 1 is 1.08 bits per heavy atom. The van der Waals surface area contributed by atoms with Gasteiger partial charge >= 0.3 is 6.18 Å². The van der Waals surface area contributed by atoms with Crippen LogP contribution in [0.25, 0.3) is 0 Å². The van der Waals surface area contributed by atoms with Gasteiger partial charge in [0.05, 0.1) is 33.8 Å². The number of ether oxygens (including phenoxy) is 1. The lowest BCUT2D eigenvalue weighted by Gasteiger charge is -2.19. The maximum absolute atomic E-state index is 13.2. The summed E-state index contributed by atoms with van der Waals surface area (Å²) in [7, 11) is 0. The fourth-order valence-corrected chi connectivity index (χ4v) is 4.57. The number of likely N-dealkylation sites (tertiary alicyclic amines) is 1. The van der Waals surface area contributed by atoms with Crippen molar-refractivity contribution in [3.8, 4) is 11.9 Å². The third-order valence-corrected chi connectivity index (χ3v) is 6.90. The number of amides is 1. The minimum Gasteiger partial charge on any atom is -0.478 e. The number of aromatic nitrogens is 1. The number of pyridine rings is 1. The molecule has 186 valence electrons. The Labute approximate surface area is 216 Å². The number of nitrogens with zero attached hydrogens (tertiary/aromatic N) is 3. The molecule has 0 N–H and O–H groups in total. The van der Waals surface area contributed by atoms with Crippen LogP contribution in [0.5, 0.6) is 5.88 Å². The smallest absolute Gasteiger partial charge is 0.417 e. The summed E-state index contributed by atoms with van der Waals surface area (Å²) in [5.74, 6) is -0.111. The highest BCUT2D eigenvalue weighted by Crippen LogP contribution is 2.38. The van der Waals surface area contributed by atoms with Crippen molar-refractivity contribution in [3.63, 3.8) is 0 Å². The Bertz CT molecular complexity index is 1280. The quantitative estimate of drug-likeness (QED) is 0.357. The normalized spacial score (nSPS) is 17.6. The van der Waals surface area contributed by atoms with Gasteiger partial charge in [-0.25, -0.2) is 4.98 Å². The van der Waals surface area contributed by atoms with E-state index in [2.05, 4.69) is 4.98 Å². The van der Waals surface area contributed by atoms with E-state index in [4.69, 9.17) is 33.2 Å². The lowest BCUT2D eigenvalue weighted by atomic mass is 9.87. The maximum atomic E-state index is 13.2. The molecule has 2 heterocycles. The zero-order valence-electron chi connectivity index (χ0n) is 18.8. The molecule has 0 aliphatic carbocycles. The lowest BCUT2D eigenvalue weighted by molar-refractivity contribution is -0.137. The van der Waals surface area contributed by atoms with Gasteiger partial charge in [-0.3, -0.25) is 4.79 Å². The highest BCUT2D eigenvalue weighted by Gasteiger charge is 2.36. The van der Waals surface area contributed by atoms with Crippen LogP contribution in [-0.2, 0) is 6.18 Å². The average molecular weight is 534 g/mol. The first-order chi connectivity index (χ1) is 17.2. The largest absolute Gasteiger partial charge is 0.478 e. The molecule has 1 aliphatic rings. The van der Waals surface area contributed by atoms with Crippen LogP contribution in [-0.4, -0.2) is 35.5 Å². The second kappa shape index (κ2) is 10.8. The van der Waals surface area contributed by atoms with Crippen molar-refractivity contribution in [3.05, 3.63) is 93.1 Å². The fraction of sp³-hybridized carbons (Fsp3) is 0.269. The number of rotatable bonds is 6. The van der Waals surface area contributed by atoms with Crippen LogP contribution in [0.1, 0.15) is 39.4 Å². The van der Waals surface area contributed by atoms with Crippen LogP contribution in [0.3, 0.4) is 0 Å². The second-order valence-electron chi connectivity index (χ2n) is 8.46. The summed E-state index contributed by atoms with van der Waals surface area (Å²) in [5.41, 5.74) is 1.03. The Morgan fingerprint density at radius 2 is 1.83 bits per heavy atom. The van der Waals surface area contributed by atoms with Crippen molar-refractivity contribution in [1.82, 2.24) is 9.88 Å². The summed E-state index contributed by atoms with van der Waals surface area (Å²) in [5, 5.41) is 9.84. The number of hydrogen-bond donors (Lipinski definition) is 0. The van der Waals surface area contributed by atoms with E-state index in [1.165, 1.54) is 6.07 Å². The number of hydrogen-bond acceptors (Lipinski definition) is 4. The molecule has 0 bridgehead atoms. The van der Waals surface area contributed by atoms with Crippen molar-refractivity contribution >= 4 is 29.1 Å². The van der Waals surface area contributed by atoms with Gasteiger partial charge in [0.2, 0.25) is 5.88 Å². The second-order valence-corrected chi connectivity index (χ2v) is 9.27. The number of carbonyl (C=O) groups is 1. The molecular weight excluding hydrogens is 514 g/mol. The molecule has 2 atom stereocenters. The van der Waals surface area contributed by atoms with E-state index >= 15 is 0 Å². The molecule has 1 saturated heterocycles. The number of halogens is 5. The van der Waals surface area contributed by atoms with Crippen LogP contribution >= 0.6 is 23.2 Å². The zero-order chi connectivity index (χ0) is 25.9. The molecule has 5 nitrogen and oxygen atoms in total. The van der Waals surface area contributed by atoms with Gasteiger partial charge in [-0.1, -0.05) is 29.3 Å². The Kier molecular flexibility index (Phi) is 7.72. The molecule has 0 radical (unpaired) electrons. The van der Waals surface area contributed by atoms with E-state index in [0.717, 1.165) is 17.8 Å². The van der Waals surface area contributed by atoms with Crippen LogP contribution in [0.2, 0.25) is 10.0 Å². The molecule has 1 aliphatic heterocycles. The van der Waals surface area contributed by atoms with Gasteiger partial charge in [-0.15, -0.1) is 0 Å². The predicted molar refractivity (Wildman–Crippen MR) is 129 cm³/mol. The topological polar surface area (TPSA) is 66.2 Å². The summed E-state index contributed by atoms with van der Waals surface area (Å²) in [6.45, 7) is 1.10. The van der Waals surface area contributed by atoms with Crippen molar-refractivity contribution < 1.29 is 22.7 Å². The van der Waals surface area contributed by atoms with E-state index < -0.39 is 11.7 Å². The number of nitriles is 1. The molecule has 0 saturated carbocycles. The van der Waals surface area contributed by atoms with Crippen molar-refractivity contribution in [2.45, 2.75) is 18.5 Å². The standard InChI is InChI=1S/C26H20Cl2F3N3O2/c27-22-7-5-18(11-23(22)28)21-15-34(25(35)17-3-1-16(12-32)2-4-17)14-19(21)9-10-36-24-8-6-20(13-33-24)26(29,30)31/h1-8,11,13,19,21H,9-10,14-15H2/t19-,21-/m1/s1. The number of benzene rings is 2. The van der Waals surface area contributed by atoms with E-state index in [9.17, 15) is 18.0 Å². The van der Waals surface area contributed by atoms with E-state index in [-0.39, 0.29) is 30.2 Å². The van der Waals surface area contributed by atoms with Crippen LogP contribution in [0, 0.1) is 17.2 Å². The van der Waals surface area contributed by atoms with Crippen LogP contribution < -0.4 is 4.74 Å². The molecule has 3 aromatic rings. The fourth-order valence-electron chi connectivity index (χ4n) is 4.27. The summed E-state index contributed by atoms with van der Waals surface area (Å²) < 4.78 is 43.9. The molecule has 36 heavy (non-hydrogen) atoms. The Morgan fingerprint density at radius 3 is 2.44 bits per heavy atom. The molecule has 2 aromatic carbocycles. The van der Waals surface area contributed by atoms with Crippen molar-refractivity contribution in [1.29, 1.82) is 5.26 Å². The van der Waals surface area contributed by atoms with Crippen molar-refractivity contribution in [2.75, 3.05) is 19.7 Å². The van der Waals surface area contributed by atoms with Crippen LogP contribution in [0.15, 0.2) is 60.8 Å². The highest BCUT2D eigenvalue weighted by atomic mass is 35.5.